The van der Waals surface area contributed by atoms with Crippen LogP contribution in [0.2, 0.25) is 0 Å². The Kier molecular flexibility index (Phi) is 24.2. The van der Waals surface area contributed by atoms with Crippen molar-refractivity contribution in [2.24, 2.45) is 0 Å². The fourth-order valence-corrected chi connectivity index (χ4v) is 11.6. The predicted octanol–water partition coefficient (Wildman–Crippen LogP) is 16.6. The third-order valence-corrected chi connectivity index (χ3v) is 14.8. The summed E-state index contributed by atoms with van der Waals surface area (Å²) in [5.41, 5.74) is 4.55. The Balaban J connectivity index is 1.20. The normalized spacial score (nSPS) is 15.6. The number of unbranched alkanes of at least 4 members (excludes halogenated alkanes) is 26. The zero-order chi connectivity index (χ0) is 38.8. The van der Waals surface area contributed by atoms with Gasteiger partial charge in [0.05, 0.1) is 23.2 Å². The Morgan fingerprint density at radius 1 is 0.582 bits per heavy atom. The van der Waals surface area contributed by atoms with Crippen LogP contribution in [0.25, 0.3) is 16.6 Å². The molecule has 2 aromatic heterocycles. The van der Waals surface area contributed by atoms with E-state index in [0.29, 0.717) is 0 Å². The standard InChI is InChI=1S/C48H78N2O2S3/c1-5-7-9-11-13-15-17-19-21-23-25-27-29-31-35-51-43-37-41(4)53-48(43)42-38-55(45-34-33-40(3)46-47(45)50-54-49-46)39-44(42)52-36-32-30-28-26-24-22-20-18-16-14-12-10-8-6-2/h33-34,37-39,44H,5-32,35-36H2,1-4H3. The Labute approximate surface area is 348 Å². The van der Waals surface area contributed by atoms with Crippen LogP contribution in [-0.2, 0) is 4.74 Å². The molecule has 4 nitrogen and oxygen atoms in total. The summed E-state index contributed by atoms with van der Waals surface area (Å²) >= 11 is 3.18. The number of hydrogen-bond donors (Lipinski definition) is 0. The van der Waals surface area contributed by atoms with Gasteiger partial charge >= 0.3 is 0 Å². The second-order valence-electron chi connectivity index (χ2n) is 16.3. The van der Waals surface area contributed by atoms with Crippen LogP contribution in [0.4, 0.5) is 0 Å². The van der Waals surface area contributed by atoms with Crippen LogP contribution in [0.1, 0.15) is 209 Å². The van der Waals surface area contributed by atoms with E-state index in [2.05, 4.69) is 61.0 Å². The summed E-state index contributed by atoms with van der Waals surface area (Å²) in [7, 11) is -0.204. The highest BCUT2D eigenvalue weighted by Crippen LogP contribution is 2.46. The summed E-state index contributed by atoms with van der Waals surface area (Å²) < 4.78 is 22.7. The highest BCUT2D eigenvalue weighted by molar-refractivity contribution is 8.18. The summed E-state index contributed by atoms with van der Waals surface area (Å²) in [6.45, 7) is 10.5. The fraction of sp³-hybridized carbons (Fsp3) is 0.729. The lowest BCUT2D eigenvalue weighted by molar-refractivity contribution is 0.132. The molecule has 1 aliphatic rings. The van der Waals surface area contributed by atoms with Crippen LogP contribution in [0.3, 0.4) is 0 Å². The van der Waals surface area contributed by atoms with E-state index in [1.807, 2.05) is 11.3 Å². The molecule has 0 radical (unpaired) electrons. The average molecular weight is 811 g/mol. The Morgan fingerprint density at radius 2 is 1.05 bits per heavy atom. The van der Waals surface area contributed by atoms with Crippen molar-refractivity contribution in [1.82, 2.24) is 8.75 Å². The molecule has 3 heterocycles. The fourth-order valence-electron chi connectivity index (χ4n) is 7.84. The zero-order valence-electron chi connectivity index (χ0n) is 35.6. The lowest BCUT2D eigenvalue weighted by atomic mass is 10.0. The largest absolute Gasteiger partial charge is 0.492 e. The lowest BCUT2D eigenvalue weighted by Gasteiger charge is -2.15. The van der Waals surface area contributed by atoms with Crippen LogP contribution < -0.4 is 4.74 Å². The van der Waals surface area contributed by atoms with Crippen LogP contribution in [0.15, 0.2) is 28.5 Å². The van der Waals surface area contributed by atoms with E-state index in [1.165, 1.54) is 204 Å². The maximum atomic E-state index is 6.74. The van der Waals surface area contributed by atoms with E-state index in [0.717, 1.165) is 42.8 Å². The summed E-state index contributed by atoms with van der Waals surface area (Å²) in [4.78, 5) is 3.80. The first-order valence-corrected chi connectivity index (χ1v) is 25.9. The monoisotopic (exact) mass is 811 g/mol. The number of thiophene rings is 1. The van der Waals surface area contributed by atoms with Crippen molar-refractivity contribution in [1.29, 1.82) is 0 Å². The molecule has 0 saturated carbocycles. The van der Waals surface area contributed by atoms with Gasteiger partial charge in [-0.1, -0.05) is 187 Å². The van der Waals surface area contributed by atoms with Gasteiger partial charge in [-0.25, -0.2) is 0 Å². The number of rotatable bonds is 34. The molecule has 1 aromatic carbocycles. The quantitative estimate of drug-likeness (QED) is 0.0445. The van der Waals surface area contributed by atoms with E-state index in [9.17, 15) is 0 Å². The minimum Gasteiger partial charge on any atom is -0.492 e. The molecule has 2 atom stereocenters. The Hall–Kier alpha value is -1.54. The average Bonchev–Trinajstić information content (AvgIpc) is 3.94. The summed E-state index contributed by atoms with van der Waals surface area (Å²) in [6.07, 6.45) is 38.4. The molecule has 0 spiro atoms. The van der Waals surface area contributed by atoms with Crippen molar-refractivity contribution in [2.75, 3.05) is 13.2 Å². The first-order chi connectivity index (χ1) is 27.1. The summed E-state index contributed by atoms with van der Waals surface area (Å²) in [5.74, 6) is 1.04. The topological polar surface area (TPSA) is 44.2 Å². The number of nitrogens with zero attached hydrogens (tertiary/aromatic N) is 2. The van der Waals surface area contributed by atoms with Crippen LogP contribution in [0, 0.1) is 13.8 Å². The SMILES string of the molecule is CCCCCCCCCCCCCCCCOc1cc(C)sc1C1=CS(c2ccc(C)c3nsnc23)=CC1OCCCCCCCCCCCCCCCC. The third-order valence-electron chi connectivity index (χ3n) is 11.3. The molecule has 2 unspecified atom stereocenters. The van der Waals surface area contributed by atoms with Gasteiger partial charge in [-0.2, -0.15) is 8.75 Å². The van der Waals surface area contributed by atoms with E-state index < -0.39 is 0 Å². The van der Waals surface area contributed by atoms with E-state index >= 15 is 0 Å². The van der Waals surface area contributed by atoms with E-state index in [4.69, 9.17) is 13.8 Å². The van der Waals surface area contributed by atoms with Crippen LogP contribution in [-0.4, -0.2) is 33.4 Å². The van der Waals surface area contributed by atoms with E-state index in [1.54, 1.807) is 0 Å². The highest BCUT2D eigenvalue weighted by atomic mass is 32.2. The molecule has 55 heavy (non-hydrogen) atoms. The van der Waals surface area contributed by atoms with Crippen molar-refractivity contribution >= 4 is 55.5 Å². The third kappa shape index (κ3) is 17.5. The van der Waals surface area contributed by atoms with Gasteiger partial charge in [-0.05, 0) is 55.2 Å². The van der Waals surface area contributed by atoms with Crippen molar-refractivity contribution in [3.63, 3.8) is 0 Å². The van der Waals surface area contributed by atoms with Crippen LogP contribution >= 0.6 is 33.5 Å². The minimum atomic E-state index is -0.204. The molecule has 1 aliphatic heterocycles. The van der Waals surface area contributed by atoms with Gasteiger partial charge in [0.2, 0.25) is 0 Å². The van der Waals surface area contributed by atoms with Crippen molar-refractivity contribution in [3.05, 3.63) is 38.9 Å². The molecule has 0 bridgehead atoms. The number of aromatic nitrogens is 2. The molecule has 4 rings (SSSR count). The molecule has 0 aliphatic carbocycles. The Morgan fingerprint density at radius 3 is 1.58 bits per heavy atom. The maximum absolute atomic E-state index is 6.74. The van der Waals surface area contributed by atoms with E-state index in [-0.39, 0.29) is 16.6 Å². The van der Waals surface area contributed by atoms with Gasteiger partial charge in [0.15, 0.2) is 0 Å². The second kappa shape index (κ2) is 28.8. The molecule has 7 heteroatoms. The summed E-state index contributed by atoms with van der Waals surface area (Å²) in [5, 5.41) is 4.87. The number of aryl methyl sites for hydroxylation is 2. The van der Waals surface area contributed by atoms with Gasteiger partial charge in [0, 0.05) is 22.0 Å². The smallest absolute Gasteiger partial charge is 0.137 e. The first-order valence-electron chi connectivity index (χ1n) is 23.0. The number of benzene rings is 1. The predicted molar refractivity (Wildman–Crippen MR) is 247 cm³/mol. The van der Waals surface area contributed by atoms with Gasteiger partial charge in [-0.3, -0.25) is 0 Å². The number of fused-ring (bicyclic) bond motifs is 1. The molecule has 0 saturated heterocycles. The molecular formula is C48H78N2O2S3. The molecule has 0 amide bonds. The second-order valence-corrected chi connectivity index (χ2v) is 19.8. The highest BCUT2D eigenvalue weighted by Gasteiger charge is 2.27. The van der Waals surface area contributed by atoms with Gasteiger partial charge < -0.3 is 9.47 Å². The van der Waals surface area contributed by atoms with Gasteiger partial charge in [-0.15, -0.1) is 21.8 Å². The summed E-state index contributed by atoms with van der Waals surface area (Å²) in [6, 6.07) is 6.71. The maximum Gasteiger partial charge on any atom is 0.137 e. The van der Waals surface area contributed by atoms with Crippen LogP contribution in [0.5, 0.6) is 5.75 Å². The van der Waals surface area contributed by atoms with Crippen molar-refractivity contribution in [3.8, 4) is 5.75 Å². The molecule has 0 fully saturated rings. The van der Waals surface area contributed by atoms with Gasteiger partial charge in [0.25, 0.3) is 0 Å². The zero-order valence-corrected chi connectivity index (χ0v) is 38.1. The molecule has 3 aromatic rings. The van der Waals surface area contributed by atoms with Crippen molar-refractivity contribution < 1.29 is 9.47 Å². The molecule has 310 valence electrons. The Bertz CT molecular complexity index is 1510. The first kappa shape index (κ1) is 46.2. The molecule has 0 N–H and O–H groups in total. The molecular weight excluding hydrogens is 733 g/mol. The lowest BCUT2D eigenvalue weighted by Crippen LogP contribution is -2.15. The number of ether oxygens (including phenoxy) is 2. The minimum absolute atomic E-state index is 0.0327. The van der Waals surface area contributed by atoms with Gasteiger partial charge in [0.1, 0.15) is 22.9 Å². The number of hydrogen-bond acceptors (Lipinski definition) is 6. The van der Waals surface area contributed by atoms with Crippen molar-refractivity contribution in [2.45, 2.75) is 218 Å².